The van der Waals surface area contributed by atoms with Gasteiger partial charge in [-0.2, -0.15) is 0 Å². The molecule has 98 valence electrons. The summed E-state index contributed by atoms with van der Waals surface area (Å²) >= 11 is 5.77. The van der Waals surface area contributed by atoms with Crippen LogP contribution in [0.4, 0.5) is 4.39 Å². The number of carbonyl (C=O) groups is 2. The molecule has 0 aromatic heterocycles. The highest BCUT2D eigenvalue weighted by Gasteiger charge is 2.28. The number of rotatable bonds is 4. The van der Waals surface area contributed by atoms with E-state index in [9.17, 15) is 14.0 Å². The molecule has 1 aromatic rings. The summed E-state index contributed by atoms with van der Waals surface area (Å²) in [6.45, 7) is 2.75. The Morgan fingerprint density at radius 3 is 2.56 bits per heavy atom. The summed E-state index contributed by atoms with van der Waals surface area (Å²) in [6.07, 6.45) is -0.101. The second-order valence-corrected chi connectivity index (χ2v) is 4.80. The van der Waals surface area contributed by atoms with E-state index in [0.29, 0.717) is 5.56 Å². The van der Waals surface area contributed by atoms with Gasteiger partial charge in [0.15, 0.2) is 0 Å². The van der Waals surface area contributed by atoms with Crippen molar-refractivity contribution < 1.29 is 19.1 Å². The number of nitrogens with one attached hydrogen (secondary N) is 1. The molecule has 1 rings (SSSR count). The van der Waals surface area contributed by atoms with Crippen LogP contribution in [-0.4, -0.2) is 22.5 Å². The monoisotopic (exact) mass is 273 g/mol. The predicted octanol–water partition coefficient (Wildman–Crippen LogP) is 2.00. The number of hydrogen-bond donors (Lipinski definition) is 2. The fraction of sp³-hybridized carbons (Fsp3) is 0.333. The lowest BCUT2D eigenvalue weighted by atomic mass is 10.0. The van der Waals surface area contributed by atoms with E-state index in [0.717, 1.165) is 6.07 Å². The van der Waals surface area contributed by atoms with Crippen molar-refractivity contribution in [1.29, 1.82) is 0 Å². The van der Waals surface area contributed by atoms with Gasteiger partial charge in [0.25, 0.3) is 0 Å². The highest BCUT2D eigenvalue weighted by atomic mass is 35.5. The van der Waals surface area contributed by atoms with Gasteiger partial charge in [-0.15, -0.1) is 0 Å². The minimum Gasteiger partial charge on any atom is -0.480 e. The molecule has 0 saturated carbocycles. The van der Waals surface area contributed by atoms with Gasteiger partial charge in [-0.25, -0.2) is 9.18 Å². The zero-order valence-corrected chi connectivity index (χ0v) is 10.7. The van der Waals surface area contributed by atoms with Crippen LogP contribution < -0.4 is 5.32 Å². The van der Waals surface area contributed by atoms with E-state index in [4.69, 9.17) is 16.7 Å². The summed E-state index contributed by atoms with van der Waals surface area (Å²) in [5.41, 5.74) is -0.916. The molecule has 6 heteroatoms. The van der Waals surface area contributed by atoms with E-state index in [2.05, 4.69) is 5.32 Å². The third-order valence-corrected chi connectivity index (χ3v) is 2.70. The number of carbonyl (C=O) groups excluding carboxylic acids is 1. The molecule has 0 heterocycles. The molecular formula is C12H13ClFNO3. The molecule has 0 aliphatic rings. The van der Waals surface area contributed by atoms with Crippen molar-refractivity contribution in [3.05, 3.63) is 34.6 Å². The SMILES string of the molecule is CC(C)(NC(=O)Cc1ccc(F)cc1Cl)C(=O)O. The molecule has 0 aliphatic carbocycles. The van der Waals surface area contributed by atoms with Crippen LogP contribution in [0, 0.1) is 5.82 Å². The Hall–Kier alpha value is -1.62. The fourth-order valence-corrected chi connectivity index (χ4v) is 1.52. The van der Waals surface area contributed by atoms with Crippen molar-refractivity contribution in [2.75, 3.05) is 0 Å². The summed E-state index contributed by atoms with van der Waals surface area (Å²) < 4.78 is 12.8. The minimum atomic E-state index is -1.36. The fourth-order valence-electron chi connectivity index (χ4n) is 1.28. The van der Waals surface area contributed by atoms with E-state index in [1.807, 2.05) is 0 Å². The molecule has 0 aliphatic heterocycles. The molecule has 18 heavy (non-hydrogen) atoms. The van der Waals surface area contributed by atoms with Crippen LogP contribution in [0.25, 0.3) is 0 Å². The molecule has 1 amide bonds. The number of hydrogen-bond acceptors (Lipinski definition) is 2. The lowest BCUT2D eigenvalue weighted by molar-refractivity contribution is -0.145. The Morgan fingerprint density at radius 2 is 2.06 bits per heavy atom. The molecule has 0 fully saturated rings. The molecular weight excluding hydrogens is 261 g/mol. The van der Waals surface area contributed by atoms with Crippen LogP contribution in [0.1, 0.15) is 19.4 Å². The highest BCUT2D eigenvalue weighted by Crippen LogP contribution is 2.18. The van der Waals surface area contributed by atoms with Gasteiger partial charge in [0.1, 0.15) is 11.4 Å². The van der Waals surface area contributed by atoms with Crippen molar-refractivity contribution in [3.63, 3.8) is 0 Å². The first-order valence-corrected chi connectivity index (χ1v) is 5.58. The number of carboxylic acid groups (broad SMARTS) is 1. The molecule has 2 N–H and O–H groups in total. The van der Waals surface area contributed by atoms with E-state index in [1.54, 1.807) is 0 Å². The van der Waals surface area contributed by atoms with Gasteiger partial charge in [-0.1, -0.05) is 17.7 Å². The number of halogens is 2. The van der Waals surface area contributed by atoms with Crippen LogP contribution in [0.3, 0.4) is 0 Å². The summed E-state index contributed by atoms with van der Waals surface area (Å²) in [5, 5.41) is 11.3. The maximum absolute atomic E-state index is 12.8. The van der Waals surface area contributed by atoms with Crippen LogP contribution >= 0.6 is 11.6 Å². The molecule has 0 unspecified atom stereocenters. The molecule has 0 radical (unpaired) electrons. The lowest BCUT2D eigenvalue weighted by Crippen LogP contribution is -2.50. The van der Waals surface area contributed by atoms with Crippen molar-refractivity contribution in [2.24, 2.45) is 0 Å². The van der Waals surface area contributed by atoms with Crippen LogP contribution in [0.2, 0.25) is 5.02 Å². The Morgan fingerprint density at radius 1 is 1.44 bits per heavy atom. The number of aliphatic carboxylic acids is 1. The Balaban J connectivity index is 2.74. The molecule has 0 spiro atoms. The van der Waals surface area contributed by atoms with Crippen molar-refractivity contribution in [1.82, 2.24) is 5.32 Å². The van der Waals surface area contributed by atoms with Gasteiger partial charge in [0.2, 0.25) is 5.91 Å². The second-order valence-electron chi connectivity index (χ2n) is 4.39. The van der Waals surface area contributed by atoms with E-state index >= 15 is 0 Å². The van der Waals surface area contributed by atoms with Crippen molar-refractivity contribution in [3.8, 4) is 0 Å². The first kappa shape index (κ1) is 14.4. The third kappa shape index (κ3) is 3.70. The standard InChI is InChI=1S/C12H13ClFNO3/c1-12(2,11(17)18)15-10(16)5-7-3-4-8(14)6-9(7)13/h3-4,6H,5H2,1-2H3,(H,15,16)(H,17,18). The largest absolute Gasteiger partial charge is 0.480 e. The first-order chi connectivity index (χ1) is 8.22. The zero-order chi connectivity index (χ0) is 13.9. The van der Waals surface area contributed by atoms with Gasteiger partial charge >= 0.3 is 5.97 Å². The van der Waals surface area contributed by atoms with Gasteiger partial charge in [-0.05, 0) is 31.5 Å². The minimum absolute atomic E-state index is 0.101. The molecule has 0 atom stereocenters. The topological polar surface area (TPSA) is 66.4 Å². The van der Waals surface area contributed by atoms with Gasteiger partial charge < -0.3 is 10.4 Å². The van der Waals surface area contributed by atoms with E-state index < -0.39 is 23.2 Å². The van der Waals surface area contributed by atoms with E-state index in [-0.39, 0.29) is 11.4 Å². The Bertz CT molecular complexity index is 488. The second kappa shape index (κ2) is 5.35. The summed E-state index contributed by atoms with van der Waals surface area (Å²) in [5.74, 6) is -2.12. The molecule has 0 bridgehead atoms. The highest BCUT2D eigenvalue weighted by molar-refractivity contribution is 6.31. The van der Waals surface area contributed by atoms with Crippen molar-refractivity contribution >= 4 is 23.5 Å². The zero-order valence-electron chi connectivity index (χ0n) is 9.96. The quantitative estimate of drug-likeness (QED) is 0.882. The molecule has 0 saturated heterocycles. The normalized spacial score (nSPS) is 11.1. The summed E-state index contributed by atoms with van der Waals surface area (Å²) in [4.78, 5) is 22.5. The maximum atomic E-state index is 12.8. The number of benzene rings is 1. The van der Waals surface area contributed by atoms with E-state index in [1.165, 1.54) is 26.0 Å². The van der Waals surface area contributed by atoms with Crippen LogP contribution in [-0.2, 0) is 16.0 Å². The summed E-state index contributed by atoms with van der Waals surface area (Å²) in [6, 6.07) is 3.69. The van der Waals surface area contributed by atoms with Gasteiger partial charge in [-0.3, -0.25) is 4.79 Å². The average molecular weight is 274 g/mol. The molecule has 1 aromatic carbocycles. The Kier molecular flexibility index (Phi) is 4.29. The number of amides is 1. The first-order valence-electron chi connectivity index (χ1n) is 5.20. The summed E-state index contributed by atoms with van der Waals surface area (Å²) in [7, 11) is 0. The van der Waals surface area contributed by atoms with Crippen molar-refractivity contribution in [2.45, 2.75) is 25.8 Å². The lowest BCUT2D eigenvalue weighted by Gasteiger charge is -2.21. The smallest absolute Gasteiger partial charge is 0.328 e. The maximum Gasteiger partial charge on any atom is 0.328 e. The molecule has 4 nitrogen and oxygen atoms in total. The van der Waals surface area contributed by atoms with Gasteiger partial charge in [0, 0.05) is 5.02 Å². The van der Waals surface area contributed by atoms with Gasteiger partial charge in [0.05, 0.1) is 6.42 Å². The van der Waals surface area contributed by atoms with Crippen LogP contribution in [0.5, 0.6) is 0 Å². The Labute approximate surface area is 109 Å². The number of carboxylic acids is 1. The predicted molar refractivity (Wildman–Crippen MR) is 65.0 cm³/mol. The van der Waals surface area contributed by atoms with Crippen LogP contribution in [0.15, 0.2) is 18.2 Å². The average Bonchev–Trinajstić information content (AvgIpc) is 2.21. The third-order valence-electron chi connectivity index (χ3n) is 2.35.